The highest BCUT2D eigenvalue weighted by Crippen LogP contribution is 2.13. The van der Waals surface area contributed by atoms with E-state index in [0.717, 1.165) is 24.6 Å². The lowest BCUT2D eigenvalue weighted by Gasteiger charge is -2.09. The molecule has 0 radical (unpaired) electrons. The molecule has 0 amide bonds. The largest absolute Gasteiger partial charge is 0.370 e. The molecule has 0 saturated carbocycles. The molecule has 0 unspecified atom stereocenters. The number of hydrogen-bond acceptors (Lipinski definition) is 6. The summed E-state index contributed by atoms with van der Waals surface area (Å²) in [7, 11) is 1.95. The van der Waals surface area contributed by atoms with Gasteiger partial charge in [0.2, 0.25) is 5.95 Å². The lowest BCUT2D eigenvalue weighted by molar-refractivity contribution is 0.810. The van der Waals surface area contributed by atoms with Crippen LogP contribution in [0, 0.1) is 0 Å². The standard InChI is InChI=1S/C12H19N7/c1-3-4-14-9-7-10(18-12(13)17-9)16-8-11-15-5-6-19(11)2/h5-7H,3-4,8H2,1-2H3,(H4,13,14,16,17,18). The predicted octanol–water partition coefficient (Wildman–Crippen LogP) is 1.23. The van der Waals surface area contributed by atoms with Gasteiger partial charge in [-0.05, 0) is 6.42 Å². The van der Waals surface area contributed by atoms with E-state index < -0.39 is 0 Å². The zero-order valence-corrected chi connectivity index (χ0v) is 11.2. The van der Waals surface area contributed by atoms with Crippen molar-refractivity contribution in [2.45, 2.75) is 19.9 Å². The van der Waals surface area contributed by atoms with Crippen molar-refractivity contribution in [3.8, 4) is 0 Å². The normalized spacial score (nSPS) is 10.4. The molecule has 7 nitrogen and oxygen atoms in total. The number of nitrogen functional groups attached to an aromatic ring is 1. The topological polar surface area (TPSA) is 93.7 Å². The molecule has 2 rings (SSSR count). The van der Waals surface area contributed by atoms with Gasteiger partial charge in [-0.3, -0.25) is 0 Å². The van der Waals surface area contributed by atoms with Crippen molar-refractivity contribution in [3.05, 3.63) is 24.3 Å². The Hall–Kier alpha value is -2.31. The molecule has 0 aromatic carbocycles. The van der Waals surface area contributed by atoms with Crippen LogP contribution < -0.4 is 16.4 Å². The van der Waals surface area contributed by atoms with E-state index in [1.807, 2.05) is 23.9 Å². The van der Waals surface area contributed by atoms with Gasteiger partial charge in [0.15, 0.2) is 0 Å². The Morgan fingerprint density at radius 3 is 2.63 bits per heavy atom. The molecular formula is C12H19N7. The zero-order valence-electron chi connectivity index (χ0n) is 11.2. The summed E-state index contributed by atoms with van der Waals surface area (Å²) in [5.41, 5.74) is 5.69. The second kappa shape index (κ2) is 6.03. The van der Waals surface area contributed by atoms with Crippen molar-refractivity contribution in [2.24, 2.45) is 7.05 Å². The fourth-order valence-corrected chi connectivity index (χ4v) is 1.64. The number of nitrogens with zero attached hydrogens (tertiary/aromatic N) is 4. The van der Waals surface area contributed by atoms with Crippen LogP contribution >= 0.6 is 0 Å². The molecule has 19 heavy (non-hydrogen) atoms. The number of imidazole rings is 1. The van der Waals surface area contributed by atoms with Crippen molar-refractivity contribution in [1.29, 1.82) is 0 Å². The van der Waals surface area contributed by atoms with Gasteiger partial charge in [-0.2, -0.15) is 9.97 Å². The van der Waals surface area contributed by atoms with Gasteiger partial charge in [0, 0.05) is 32.1 Å². The number of anilines is 3. The minimum Gasteiger partial charge on any atom is -0.370 e. The molecule has 0 aliphatic carbocycles. The Morgan fingerprint density at radius 1 is 1.26 bits per heavy atom. The van der Waals surface area contributed by atoms with Crippen molar-refractivity contribution >= 4 is 17.6 Å². The zero-order chi connectivity index (χ0) is 13.7. The van der Waals surface area contributed by atoms with E-state index in [9.17, 15) is 0 Å². The molecule has 2 aromatic heterocycles. The average Bonchev–Trinajstić information content (AvgIpc) is 2.79. The van der Waals surface area contributed by atoms with Crippen LogP contribution in [0.2, 0.25) is 0 Å². The molecule has 2 aromatic rings. The van der Waals surface area contributed by atoms with E-state index in [4.69, 9.17) is 5.73 Å². The third-order valence-corrected chi connectivity index (χ3v) is 2.65. The smallest absolute Gasteiger partial charge is 0.223 e. The van der Waals surface area contributed by atoms with Gasteiger partial charge in [0.1, 0.15) is 17.5 Å². The fourth-order valence-electron chi connectivity index (χ4n) is 1.64. The molecule has 0 atom stereocenters. The van der Waals surface area contributed by atoms with E-state index >= 15 is 0 Å². The molecule has 0 aliphatic rings. The van der Waals surface area contributed by atoms with Gasteiger partial charge >= 0.3 is 0 Å². The summed E-state index contributed by atoms with van der Waals surface area (Å²) < 4.78 is 1.95. The first-order chi connectivity index (χ1) is 9.19. The second-order valence-corrected chi connectivity index (χ2v) is 4.23. The van der Waals surface area contributed by atoms with Crippen LogP contribution in [0.1, 0.15) is 19.2 Å². The lowest BCUT2D eigenvalue weighted by Crippen LogP contribution is -2.10. The summed E-state index contributed by atoms with van der Waals surface area (Å²) in [6, 6.07) is 1.84. The number of aromatic nitrogens is 4. The number of nitrogens with two attached hydrogens (primary N) is 1. The number of aryl methyl sites for hydroxylation is 1. The predicted molar refractivity (Wildman–Crippen MR) is 75.8 cm³/mol. The summed E-state index contributed by atoms with van der Waals surface area (Å²) >= 11 is 0. The van der Waals surface area contributed by atoms with Crippen LogP contribution in [-0.4, -0.2) is 26.1 Å². The van der Waals surface area contributed by atoms with Crippen LogP contribution in [0.25, 0.3) is 0 Å². The van der Waals surface area contributed by atoms with Gasteiger partial charge in [-0.25, -0.2) is 4.98 Å². The summed E-state index contributed by atoms with van der Waals surface area (Å²) in [6.07, 6.45) is 4.69. The SMILES string of the molecule is CCCNc1cc(NCc2nccn2C)nc(N)n1. The van der Waals surface area contributed by atoms with E-state index in [1.165, 1.54) is 0 Å². The Balaban J connectivity index is 2.03. The van der Waals surface area contributed by atoms with E-state index in [2.05, 4.69) is 32.5 Å². The quantitative estimate of drug-likeness (QED) is 0.724. The van der Waals surface area contributed by atoms with Crippen molar-refractivity contribution < 1.29 is 0 Å². The van der Waals surface area contributed by atoms with Gasteiger partial charge in [0.25, 0.3) is 0 Å². The van der Waals surface area contributed by atoms with Crippen molar-refractivity contribution in [3.63, 3.8) is 0 Å². The van der Waals surface area contributed by atoms with E-state index in [0.29, 0.717) is 12.4 Å². The molecule has 2 heterocycles. The van der Waals surface area contributed by atoms with Gasteiger partial charge < -0.3 is 20.9 Å². The Bertz CT molecular complexity index is 535. The lowest BCUT2D eigenvalue weighted by atomic mass is 10.4. The van der Waals surface area contributed by atoms with Gasteiger partial charge in [-0.1, -0.05) is 6.92 Å². The van der Waals surface area contributed by atoms with Crippen molar-refractivity contribution in [1.82, 2.24) is 19.5 Å². The van der Waals surface area contributed by atoms with E-state index in [1.54, 1.807) is 6.20 Å². The fraction of sp³-hybridized carbons (Fsp3) is 0.417. The molecular weight excluding hydrogens is 242 g/mol. The highest BCUT2D eigenvalue weighted by atomic mass is 15.1. The maximum Gasteiger partial charge on any atom is 0.223 e. The molecule has 7 heteroatoms. The second-order valence-electron chi connectivity index (χ2n) is 4.23. The Kier molecular flexibility index (Phi) is 4.17. The molecule has 4 N–H and O–H groups in total. The summed E-state index contributed by atoms with van der Waals surface area (Å²) in [5.74, 6) is 2.61. The van der Waals surface area contributed by atoms with Crippen LogP contribution in [-0.2, 0) is 13.6 Å². The van der Waals surface area contributed by atoms with Gasteiger partial charge in [0.05, 0.1) is 6.54 Å². The van der Waals surface area contributed by atoms with Gasteiger partial charge in [-0.15, -0.1) is 0 Å². The first kappa shape index (κ1) is 13.1. The molecule has 0 bridgehead atoms. The molecule has 102 valence electrons. The highest BCUT2D eigenvalue weighted by Gasteiger charge is 2.03. The molecule has 0 fully saturated rings. The summed E-state index contributed by atoms with van der Waals surface area (Å²) in [5, 5.41) is 6.38. The first-order valence-electron chi connectivity index (χ1n) is 6.27. The van der Waals surface area contributed by atoms with Crippen LogP contribution in [0.3, 0.4) is 0 Å². The van der Waals surface area contributed by atoms with Crippen LogP contribution in [0.5, 0.6) is 0 Å². The molecule has 0 saturated heterocycles. The highest BCUT2D eigenvalue weighted by molar-refractivity contribution is 5.50. The average molecular weight is 261 g/mol. The Morgan fingerprint density at radius 2 is 2.00 bits per heavy atom. The summed E-state index contributed by atoms with van der Waals surface area (Å²) in [4.78, 5) is 12.5. The summed E-state index contributed by atoms with van der Waals surface area (Å²) in [6.45, 7) is 3.54. The maximum atomic E-state index is 5.69. The van der Waals surface area contributed by atoms with Crippen molar-refractivity contribution in [2.75, 3.05) is 22.9 Å². The van der Waals surface area contributed by atoms with Crippen LogP contribution in [0.15, 0.2) is 18.5 Å². The monoisotopic (exact) mass is 261 g/mol. The molecule has 0 aliphatic heterocycles. The number of rotatable bonds is 6. The maximum absolute atomic E-state index is 5.69. The van der Waals surface area contributed by atoms with E-state index in [-0.39, 0.29) is 5.95 Å². The third kappa shape index (κ3) is 3.57. The first-order valence-corrected chi connectivity index (χ1v) is 6.27. The third-order valence-electron chi connectivity index (χ3n) is 2.65. The Labute approximate surface area is 112 Å². The van der Waals surface area contributed by atoms with Crippen LogP contribution in [0.4, 0.5) is 17.6 Å². The minimum atomic E-state index is 0.253. The minimum absolute atomic E-state index is 0.253. The molecule has 0 spiro atoms. The number of nitrogens with one attached hydrogen (secondary N) is 2. The number of hydrogen-bond donors (Lipinski definition) is 3.